The lowest BCUT2D eigenvalue weighted by molar-refractivity contribution is 0.352. The number of rotatable bonds is 4. The molecule has 0 saturated carbocycles. The number of hydrogen-bond acceptors (Lipinski definition) is 3. The molecular weight excluding hydrogens is 362 g/mol. The van der Waals surface area contributed by atoms with Crippen molar-refractivity contribution in [3.63, 3.8) is 0 Å². The lowest BCUT2D eigenvalue weighted by Crippen LogP contribution is -2.39. The summed E-state index contributed by atoms with van der Waals surface area (Å²) in [5, 5.41) is 1.18. The highest BCUT2D eigenvalue weighted by Gasteiger charge is 2.29. The van der Waals surface area contributed by atoms with Crippen LogP contribution in [0.15, 0.2) is 58.3 Å². The molecule has 0 aromatic heterocycles. The first kappa shape index (κ1) is 17.8. The molecule has 1 fully saturated rings. The highest BCUT2D eigenvalue weighted by molar-refractivity contribution is 8.00. The third-order valence-electron chi connectivity index (χ3n) is 4.18. The first-order valence-electron chi connectivity index (χ1n) is 7.94. The molecule has 6 heteroatoms. The molecule has 2 aromatic rings. The molecule has 0 radical (unpaired) electrons. The van der Waals surface area contributed by atoms with E-state index >= 15 is 0 Å². The molecule has 0 aliphatic carbocycles. The zero-order valence-electron chi connectivity index (χ0n) is 13.5. The Kier molecular flexibility index (Phi) is 5.55. The Labute approximate surface area is 153 Å². The molecule has 128 valence electrons. The largest absolute Gasteiger partial charge is 0.243 e. The fourth-order valence-electron chi connectivity index (χ4n) is 2.76. The van der Waals surface area contributed by atoms with E-state index in [1.54, 1.807) is 28.2 Å². The smallest absolute Gasteiger partial charge is 0.207 e. The van der Waals surface area contributed by atoms with E-state index in [0.29, 0.717) is 23.2 Å². The fourth-order valence-corrected chi connectivity index (χ4v) is 5.48. The van der Waals surface area contributed by atoms with E-state index in [0.717, 1.165) is 23.4 Å². The van der Waals surface area contributed by atoms with Crippen LogP contribution in [0.1, 0.15) is 18.4 Å². The molecule has 3 rings (SSSR count). The maximum Gasteiger partial charge on any atom is 0.243 e. The number of halogens is 1. The van der Waals surface area contributed by atoms with Crippen molar-refractivity contribution in [1.82, 2.24) is 4.31 Å². The average Bonchev–Trinajstić information content (AvgIpc) is 2.58. The second-order valence-corrected chi connectivity index (χ2v) is 9.74. The Morgan fingerprint density at radius 3 is 2.17 bits per heavy atom. The highest BCUT2D eigenvalue weighted by Crippen LogP contribution is 2.32. The summed E-state index contributed by atoms with van der Waals surface area (Å²) >= 11 is 7.71. The summed E-state index contributed by atoms with van der Waals surface area (Å²) in [5.41, 5.74) is 1.06. The molecule has 3 nitrogen and oxygen atoms in total. The number of sulfonamides is 1. The van der Waals surface area contributed by atoms with E-state index in [1.165, 1.54) is 4.90 Å². The maximum absolute atomic E-state index is 12.7. The van der Waals surface area contributed by atoms with Crippen LogP contribution in [0.2, 0.25) is 5.02 Å². The normalized spacial score (nSPS) is 17.1. The van der Waals surface area contributed by atoms with Gasteiger partial charge in [-0.05, 0) is 56.2 Å². The van der Waals surface area contributed by atoms with Crippen LogP contribution in [0.25, 0.3) is 0 Å². The van der Waals surface area contributed by atoms with E-state index < -0.39 is 10.0 Å². The van der Waals surface area contributed by atoms with E-state index in [-0.39, 0.29) is 0 Å². The van der Waals surface area contributed by atoms with Gasteiger partial charge in [0, 0.05) is 28.3 Å². The van der Waals surface area contributed by atoms with Crippen molar-refractivity contribution in [3.8, 4) is 0 Å². The Bertz CT molecular complexity index is 781. The Morgan fingerprint density at radius 2 is 1.58 bits per heavy atom. The SMILES string of the molecule is Cc1ccc(S(=O)(=O)N2CCC(Sc3ccc(Cl)cc3)CC2)cc1. The van der Waals surface area contributed by atoms with Crippen LogP contribution < -0.4 is 0 Å². The van der Waals surface area contributed by atoms with Crippen LogP contribution in [-0.2, 0) is 10.0 Å². The maximum atomic E-state index is 12.7. The number of benzene rings is 2. The quantitative estimate of drug-likeness (QED) is 0.777. The van der Waals surface area contributed by atoms with Crippen LogP contribution in [0.5, 0.6) is 0 Å². The van der Waals surface area contributed by atoms with Gasteiger partial charge in [0.25, 0.3) is 0 Å². The second kappa shape index (κ2) is 7.48. The zero-order chi connectivity index (χ0) is 17.2. The van der Waals surface area contributed by atoms with Crippen LogP contribution in [-0.4, -0.2) is 31.1 Å². The van der Waals surface area contributed by atoms with Gasteiger partial charge in [-0.3, -0.25) is 0 Å². The minimum Gasteiger partial charge on any atom is -0.207 e. The zero-order valence-corrected chi connectivity index (χ0v) is 15.9. The molecule has 0 amide bonds. The van der Waals surface area contributed by atoms with Crippen LogP contribution in [0.3, 0.4) is 0 Å². The van der Waals surface area contributed by atoms with Crippen molar-refractivity contribution in [2.75, 3.05) is 13.1 Å². The van der Waals surface area contributed by atoms with Crippen molar-refractivity contribution < 1.29 is 8.42 Å². The van der Waals surface area contributed by atoms with E-state index in [9.17, 15) is 8.42 Å². The van der Waals surface area contributed by atoms with Gasteiger partial charge in [0.1, 0.15) is 0 Å². The van der Waals surface area contributed by atoms with Gasteiger partial charge in [0.05, 0.1) is 4.90 Å². The van der Waals surface area contributed by atoms with Gasteiger partial charge in [-0.2, -0.15) is 4.31 Å². The Hall–Kier alpha value is -1.01. The van der Waals surface area contributed by atoms with Crippen LogP contribution >= 0.6 is 23.4 Å². The summed E-state index contributed by atoms with van der Waals surface area (Å²) in [6.45, 7) is 3.10. The van der Waals surface area contributed by atoms with Gasteiger partial charge >= 0.3 is 0 Å². The van der Waals surface area contributed by atoms with E-state index in [2.05, 4.69) is 0 Å². The molecule has 0 bridgehead atoms. The predicted molar refractivity (Wildman–Crippen MR) is 100 cm³/mol. The molecule has 1 saturated heterocycles. The first-order chi connectivity index (χ1) is 11.4. The molecule has 0 spiro atoms. The van der Waals surface area contributed by atoms with Crippen molar-refractivity contribution in [1.29, 1.82) is 0 Å². The first-order valence-corrected chi connectivity index (χ1v) is 10.6. The highest BCUT2D eigenvalue weighted by atomic mass is 35.5. The number of hydrogen-bond donors (Lipinski definition) is 0. The number of thioether (sulfide) groups is 1. The van der Waals surface area contributed by atoms with Gasteiger partial charge < -0.3 is 0 Å². The van der Waals surface area contributed by atoms with Gasteiger partial charge in [-0.15, -0.1) is 11.8 Å². The van der Waals surface area contributed by atoms with Crippen molar-refractivity contribution >= 4 is 33.4 Å². The minimum atomic E-state index is -3.37. The monoisotopic (exact) mass is 381 g/mol. The second-order valence-electron chi connectivity index (χ2n) is 5.99. The number of aryl methyl sites for hydroxylation is 1. The summed E-state index contributed by atoms with van der Waals surface area (Å²) in [7, 11) is -3.37. The number of piperidine rings is 1. The van der Waals surface area contributed by atoms with Crippen LogP contribution in [0, 0.1) is 6.92 Å². The topological polar surface area (TPSA) is 37.4 Å². The molecule has 0 N–H and O–H groups in total. The van der Waals surface area contributed by atoms with Gasteiger partial charge in [-0.25, -0.2) is 8.42 Å². The van der Waals surface area contributed by atoms with Crippen molar-refractivity contribution in [2.24, 2.45) is 0 Å². The molecular formula is C18H20ClNO2S2. The Balaban J connectivity index is 1.62. The Morgan fingerprint density at radius 1 is 1.00 bits per heavy atom. The van der Waals surface area contributed by atoms with Crippen molar-refractivity contribution in [3.05, 3.63) is 59.1 Å². The molecule has 0 atom stereocenters. The van der Waals surface area contributed by atoms with Crippen molar-refractivity contribution in [2.45, 2.75) is 34.8 Å². The molecule has 1 aliphatic rings. The van der Waals surface area contributed by atoms with Crippen LogP contribution in [0.4, 0.5) is 0 Å². The predicted octanol–water partition coefficient (Wildman–Crippen LogP) is 4.59. The lowest BCUT2D eigenvalue weighted by atomic mass is 10.2. The molecule has 2 aromatic carbocycles. The molecule has 1 aliphatic heterocycles. The third kappa shape index (κ3) is 4.14. The third-order valence-corrected chi connectivity index (χ3v) is 7.69. The van der Waals surface area contributed by atoms with Gasteiger partial charge in [0.15, 0.2) is 0 Å². The standard InChI is InChI=1S/C18H20ClNO2S2/c1-14-2-8-18(9-3-14)24(21,22)20-12-10-17(11-13-20)23-16-6-4-15(19)5-7-16/h2-9,17H,10-13H2,1H3. The van der Waals surface area contributed by atoms with Gasteiger partial charge in [0.2, 0.25) is 10.0 Å². The summed E-state index contributed by atoms with van der Waals surface area (Å²) < 4.78 is 27.0. The van der Waals surface area contributed by atoms with E-state index in [4.69, 9.17) is 11.6 Å². The lowest BCUT2D eigenvalue weighted by Gasteiger charge is -2.31. The molecule has 24 heavy (non-hydrogen) atoms. The number of nitrogens with zero attached hydrogens (tertiary/aromatic N) is 1. The summed E-state index contributed by atoms with van der Waals surface area (Å²) in [6, 6.07) is 14.9. The average molecular weight is 382 g/mol. The molecule has 0 unspecified atom stereocenters. The van der Waals surface area contributed by atoms with Gasteiger partial charge in [-0.1, -0.05) is 29.3 Å². The summed E-state index contributed by atoms with van der Waals surface area (Å²) in [4.78, 5) is 1.57. The van der Waals surface area contributed by atoms with E-state index in [1.807, 2.05) is 43.3 Å². The summed E-state index contributed by atoms with van der Waals surface area (Å²) in [5.74, 6) is 0. The summed E-state index contributed by atoms with van der Waals surface area (Å²) in [6.07, 6.45) is 1.72. The fraction of sp³-hybridized carbons (Fsp3) is 0.333. The molecule has 1 heterocycles. The minimum absolute atomic E-state index is 0.386.